The van der Waals surface area contributed by atoms with Gasteiger partial charge in [-0.3, -0.25) is 0 Å². The van der Waals surface area contributed by atoms with Crippen LogP contribution in [0.4, 0.5) is 10.1 Å². The second-order valence-electron chi connectivity index (χ2n) is 2.61. The molecule has 1 aromatic carbocycles. The largest absolute Gasteiger partial charge is 0.420 e. The molecule has 0 aliphatic heterocycles. The van der Waals surface area contributed by atoms with Crippen LogP contribution in [0, 0.1) is 5.82 Å². The zero-order valence-electron chi connectivity index (χ0n) is 6.58. The summed E-state index contributed by atoms with van der Waals surface area (Å²) in [6.07, 6.45) is 0. The Labute approximate surface area is 72.6 Å². The quantitative estimate of drug-likeness (QED) is 0.623. The topological polar surface area (TPSA) is 56.2 Å². The van der Waals surface area contributed by atoms with Gasteiger partial charge in [-0.25, -0.2) is 4.79 Å². The molecule has 0 fully saturated rings. The second kappa shape index (κ2) is 2.58. The van der Waals surface area contributed by atoms with E-state index < -0.39 is 11.4 Å². The summed E-state index contributed by atoms with van der Waals surface area (Å²) in [7, 11) is 0. The van der Waals surface area contributed by atoms with Crippen molar-refractivity contribution >= 4 is 16.7 Å². The molecule has 4 heteroatoms. The highest BCUT2D eigenvalue weighted by Gasteiger charge is 2.09. The van der Waals surface area contributed by atoms with Crippen molar-refractivity contribution in [2.24, 2.45) is 0 Å². The van der Waals surface area contributed by atoms with Gasteiger partial charge in [0.25, 0.3) is 0 Å². The Morgan fingerprint density at radius 2 is 2.00 bits per heavy atom. The first-order valence-corrected chi connectivity index (χ1v) is 3.67. The summed E-state index contributed by atoms with van der Waals surface area (Å²) in [5.41, 5.74) is 4.49. The molecule has 0 saturated carbocycles. The summed E-state index contributed by atoms with van der Waals surface area (Å²) in [5, 5.41) is 0.416. The van der Waals surface area contributed by atoms with Gasteiger partial charge in [0, 0.05) is 5.39 Å². The van der Waals surface area contributed by atoms with Crippen LogP contribution in [-0.2, 0) is 0 Å². The van der Waals surface area contributed by atoms with Gasteiger partial charge < -0.3 is 10.2 Å². The molecule has 66 valence electrons. The van der Waals surface area contributed by atoms with E-state index in [4.69, 9.17) is 5.73 Å². The van der Waals surface area contributed by atoms with Gasteiger partial charge in [-0.2, -0.15) is 4.39 Å². The fraction of sp³-hybridized carbons (Fsp3) is 0. The molecular formula is C9H6FNO2. The lowest BCUT2D eigenvalue weighted by Crippen LogP contribution is -2.08. The molecule has 3 nitrogen and oxygen atoms in total. The minimum absolute atomic E-state index is 0.160. The van der Waals surface area contributed by atoms with Crippen LogP contribution in [0.25, 0.3) is 11.0 Å². The molecule has 0 spiro atoms. The third-order valence-electron chi connectivity index (χ3n) is 1.80. The highest BCUT2D eigenvalue weighted by Crippen LogP contribution is 2.20. The van der Waals surface area contributed by atoms with Crippen molar-refractivity contribution < 1.29 is 8.81 Å². The first kappa shape index (κ1) is 7.79. The number of nitrogens with two attached hydrogens (primary N) is 1. The molecule has 0 aliphatic rings. The fourth-order valence-electron chi connectivity index (χ4n) is 1.15. The van der Waals surface area contributed by atoms with Gasteiger partial charge in [-0.05, 0) is 12.1 Å². The zero-order valence-corrected chi connectivity index (χ0v) is 6.58. The van der Waals surface area contributed by atoms with Crippen molar-refractivity contribution in [3.8, 4) is 0 Å². The number of hydrogen-bond donors (Lipinski definition) is 1. The lowest BCUT2D eigenvalue weighted by atomic mass is 10.2. The Hall–Kier alpha value is -1.84. The average molecular weight is 179 g/mol. The Morgan fingerprint density at radius 1 is 1.31 bits per heavy atom. The van der Waals surface area contributed by atoms with Crippen molar-refractivity contribution in [2.75, 3.05) is 5.73 Å². The van der Waals surface area contributed by atoms with Crippen LogP contribution in [-0.4, -0.2) is 0 Å². The van der Waals surface area contributed by atoms with Crippen LogP contribution >= 0.6 is 0 Å². The molecule has 2 aromatic rings. The molecule has 0 saturated heterocycles. The minimum Gasteiger partial charge on any atom is -0.420 e. The SMILES string of the molecule is Nc1c(F)c(=O)oc2ccccc12. The number of para-hydroxylation sites is 1. The number of halogens is 1. The van der Waals surface area contributed by atoms with E-state index in [1.54, 1.807) is 24.3 Å². The summed E-state index contributed by atoms with van der Waals surface area (Å²) >= 11 is 0. The summed E-state index contributed by atoms with van der Waals surface area (Å²) < 4.78 is 17.6. The standard InChI is InChI=1S/C9H6FNO2/c10-7-8(11)5-3-1-2-4-6(5)13-9(7)12/h1-4H,11H2. The first-order valence-electron chi connectivity index (χ1n) is 3.67. The average Bonchev–Trinajstić information content (AvgIpc) is 2.15. The second-order valence-corrected chi connectivity index (χ2v) is 2.61. The summed E-state index contributed by atoms with van der Waals surface area (Å²) in [6, 6.07) is 6.53. The van der Waals surface area contributed by atoms with E-state index in [2.05, 4.69) is 4.42 Å². The highest BCUT2D eigenvalue weighted by molar-refractivity contribution is 5.88. The molecule has 0 unspecified atom stereocenters. The predicted octanol–water partition coefficient (Wildman–Crippen LogP) is 1.51. The Bertz CT molecular complexity index is 518. The van der Waals surface area contributed by atoms with E-state index in [0.29, 0.717) is 11.0 Å². The maximum Gasteiger partial charge on any atom is 0.374 e. The predicted molar refractivity (Wildman–Crippen MR) is 46.9 cm³/mol. The molecule has 0 amide bonds. The normalized spacial score (nSPS) is 10.5. The maximum absolute atomic E-state index is 12.9. The molecule has 2 rings (SSSR count). The molecule has 0 bridgehead atoms. The van der Waals surface area contributed by atoms with Gasteiger partial charge in [-0.15, -0.1) is 0 Å². The Kier molecular flexibility index (Phi) is 1.55. The van der Waals surface area contributed by atoms with Crippen LogP contribution in [0.1, 0.15) is 0 Å². The van der Waals surface area contributed by atoms with E-state index in [9.17, 15) is 9.18 Å². The number of hydrogen-bond acceptors (Lipinski definition) is 3. The van der Waals surface area contributed by atoms with Crippen LogP contribution in [0.3, 0.4) is 0 Å². The van der Waals surface area contributed by atoms with E-state index in [-0.39, 0.29) is 5.69 Å². The van der Waals surface area contributed by atoms with Gasteiger partial charge in [0.05, 0.1) is 5.69 Å². The fourth-order valence-corrected chi connectivity index (χ4v) is 1.15. The number of nitrogen functional groups attached to an aromatic ring is 1. The number of anilines is 1. The molecule has 0 atom stereocenters. The van der Waals surface area contributed by atoms with E-state index in [1.165, 1.54) is 0 Å². The molecule has 0 radical (unpaired) electrons. The molecule has 1 aromatic heterocycles. The van der Waals surface area contributed by atoms with E-state index in [1.807, 2.05) is 0 Å². The third kappa shape index (κ3) is 1.07. The van der Waals surface area contributed by atoms with Crippen molar-refractivity contribution in [2.45, 2.75) is 0 Å². The maximum atomic E-state index is 12.9. The van der Waals surface area contributed by atoms with E-state index >= 15 is 0 Å². The van der Waals surface area contributed by atoms with Crippen molar-refractivity contribution in [1.82, 2.24) is 0 Å². The molecule has 2 N–H and O–H groups in total. The van der Waals surface area contributed by atoms with Gasteiger partial charge >= 0.3 is 5.63 Å². The Morgan fingerprint density at radius 3 is 2.77 bits per heavy atom. The van der Waals surface area contributed by atoms with Crippen LogP contribution in [0.5, 0.6) is 0 Å². The van der Waals surface area contributed by atoms with E-state index in [0.717, 1.165) is 0 Å². The molecular weight excluding hydrogens is 173 g/mol. The highest BCUT2D eigenvalue weighted by atomic mass is 19.1. The van der Waals surface area contributed by atoms with Crippen molar-refractivity contribution in [1.29, 1.82) is 0 Å². The monoisotopic (exact) mass is 179 g/mol. The number of rotatable bonds is 0. The lowest BCUT2D eigenvalue weighted by Gasteiger charge is -1.99. The summed E-state index contributed by atoms with van der Waals surface area (Å²) in [5.74, 6) is -1.03. The molecule has 13 heavy (non-hydrogen) atoms. The smallest absolute Gasteiger partial charge is 0.374 e. The van der Waals surface area contributed by atoms with Gasteiger partial charge in [-0.1, -0.05) is 12.1 Å². The van der Waals surface area contributed by atoms with Gasteiger partial charge in [0.2, 0.25) is 5.82 Å². The van der Waals surface area contributed by atoms with Crippen LogP contribution in [0.2, 0.25) is 0 Å². The van der Waals surface area contributed by atoms with Crippen LogP contribution in [0.15, 0.2) is 33.5 Å². The first-order chi connectivity index (χ1) is 6.20. The van der Waals surface area contributed by atoms with Gasteiger partial charge in [0.1, 0.15) is 5.58 Å². The van der Waals surface area contributed by atoms with Crippen molar-refractivity contribution in [3.63, 3.8) is 0 Å². The number of fused-ring (bicyclic) bond motifs is 1. The van der Waals surface area contributed by atoms with Gasteiger partial charge in [0.15, 0.2) is 0 Å². The minimum atomic E-state index is -1.03. The number of benzene rings is 1. The molecule has 0 aliphatic carbocycles. The lowest BCUT2D eigenvalue weighted by molar-refractivity contribution is 0.490. The molecule has 1 heterocycles. The zero-order chi connectivity index (χ0) is 9.42. The third-order valence-corrected chi connectivity index (χ3v) is 1.80. The van der Waals surface area contributed by atoms with Crippen LogP contribution < -0.4 is 11.4 Å². The summed E-state index contributed by atoms with van der Waals surface area (Å²) in [4.78, 5) is 10.8. The Balaban J connectivity index is 3.02. The van der Waals surface area contributed by atoms with Crippen molar-refractivity contribution in [3.05, 3.63) is 40.5 Å². The summed E-state index contributed by atoms with van der Waals surface area (Å²) in [6.45, 7) is 0.